The van der Waals surface area contributed by atoms with Gasteiger partial charge in [-0.3, -0.25) is 4.79 Å². The van der Waals surface area contributed by atoms with E-state index in [1.807, 2.05) is 6.92 Å². The van der Waals surface area contributed by atoms with Gasteiger partial charge in [-0.2, -0.15) is 0 Å². The number of rotatable bonds is 8. The molecule has 0 aliphatic heterocycles. The maximum atomic E-state index is 10.8. The van der Waals surface area contributed by atoms with Gasteiger partial charge in [0.05, 0.1) is 5.92 Å². The Morgan fingerprint density at radius 2 is 1.71 bits per heavy atom. The maximum absolute atomic E-state index is 10.8. The molecule has 0 aliphatic carbocycles. The number of hydrogen-bond donors (Lipinski definition) is 1. The van der Waals surface area contributed by atoms with Crippen molar-refractivity contribution in [1.82, 2.24) is 0 Å². The fourth-order valence-corrected chi connectivity index (χ4v) is 1.56. The molecule has 82 valence electrons. The van der Waals surface area contributed by atoms with Crippen molar-refractivity contribution in [2.24, 2.45) is 5.92 Å². The molecular formula is C11H24CaO2. The average molecular weight is 228 g/mol. The molecule has 0 aromatic heterocycles. The Balaban J connectivity index is 0. The van der Waals surface area contributed by atoms with Gasteiger partial charge < -0.3 is 5.11 Å². The summed E-state index contributed by atoms with van der Waals surface area (Å²) in [6, 6.07) is 0. The number of carboxylic acid groups (broad SMARTS) is 1. The SMILES string of the molecule is CCCCCC[C@@H](CCC)C(=O)O.[CaH2]. The second-order valence-electron chi connectivity index (χ2n) is 3.67. The molecule has 0 heterocycles. The molecule has 1 N–H and O–H groups in total. The molecule has 14 heavy (non-hydrogen) atoms. The zero-order chi connectivity index (χ0) is 10.1. The van der Waals surface area contributed by atoms with Gasteiger partial charge in [-0.1, -0.05) is 46.0 Å². The molecule has 0 aromatic carbocycles. The molecule has 0 rings (SSSR count). The molecule has 0 aliphatic rings. The van der Waals surface area contributed by atoms with E-state index in [0.717, 1.165) is 25.7 Å². The van der Waals surface area contributed by atoms with E-state index < -0.39 is 5.97 Å². The van der Waals surface area contributed by atoms with Gasteiger partial charge in [-0.05, 0) is 12.8 Å². The van der Waals surface area contributed by atoms with Gasteiger partial charge in [-0.25, -0.2) is 0 Å². The van der Waals surface area contributed by atoms with Crippen LogP contribution in [0.3, 0.4) is 0 Å². The monoisotopic (exact) mass is 228 g/mol. The van der Waals surface area contributed by atoms with Crippen LogP contribution < -0.4 is 0 Å². The summed E-state index contributed by atoms with van der Waals surface area (Å²) in [4.78, 5) is 10.8. The molecule has 0 aromatic rings. The summed E-state index contributed by atoms with van der Waals surface area (Å²) in [5.74, 6) is -0.708. The zero-order valence-electron chi connectivity index (χ0n) is 8.88. The Hall–Kier alpha value is 0.730. The number of carbonyl (C=O) groups is 1. The molecule has 0 radical (unpaired) electrons. The minimum absolute atomic E-state index is 0. The van der Waals surface area contributed by atoms with E-state index in [0.29, 0.717) is 0 Å². The van der Waals surface area contributed by atoms with Crippen molar-refractivity contribution in [2.75, 3.05) is 0 Å². The molecule has 2 nitrogen and oxygen atoms in total. The van der Waals surface area contributed by atoms with Crippen LogP contribution in [-0.2, 0) is 4.79 Å². The fourth-order valence-electron chi connectivity index (χ4n) is 1.56. The molecule has 0 fully saturated rings. The summed E-state index contributed by atoms with van der Waals surface area (Å²) in [7, 11) is 0. The third kappa shape index (κ3) is 9.29. The predicted molar refractivity (Wildman–Crippen MR) is 63.3 cm³/mol. The third-order valence-electron chi connectivity index (χ3n) is 2.39. The zero-order valence-corrected chi connectivity index (χ0v) is 8.88. The normalized spacial score (nSPS) is 11.9. The Bertz CT molecular complexity index is 137. The average Bonchev–Trinajstić information content (AvgIpc) is 2.10. The first-order valence-corrected chi connectivity index (χ1v) is 5.45. The molecule has 3 heteroatoms. The van der Waals surface area contributed by atoms with Gasteiger partial charge in [0.15, 0.2) is 0 Å². The van der Waals surface area contributed by atoms with Crippen LogP contribution in [0.4, 0.5) is 0 Å². The number of aliphatic carboxylic acids is 1. The quantitative estimate of drug-likeness (QED) is 0.512. The minimum atomic E-state index is -0.613. The molecule has 0 bridgehead atoms. The van der Waals surface area contributed by atoms with Gasteiger partial charge in [0, 0.05) is 0 Å². The van der Waals surface area contributed by atoms with Crippen molar-refractivity contribution < 1.29 is 9.90 Å². The van der Waals surface area contributed by atoms with Crippen molar-refractivity contribution in [1.29, 1.82) is 0 Å². The van der Waals surface area contributed by atoms with Crippen LogP contribution >= 0.6 is 0 Å². The van der Waals surface area contributed by atoms with Crippen LogP contribution in [0.1, 0.15) is 58.8 Å². The summed E-state index contributed by atoms with van der Waals surface area (Å²) < 4.78 is 0. The second kappa shape index (κ2) is 11.8. The van der Waals surface area contributed by atoms with Crippen molar-refractivity contribution in [3.8, 4) is 0 Å². The first kappa shape index (κ1) is 17.1. The summed E-state index contributed by atoms with van der Waals surface area (Å²) in [5, 5.41) is 8.86. The van der Waals surface area contributed by atoms with Crippen LogP contribution in [0, 0.1) is 5.92 Å². The molecule has 1 atom stereocenters. The van der Waals surface area contributed by atoms with Gasteiger partial charge in [-0.15, -0.1) is 0 Å². The van der Waals surface area contributed by atoms with Crippen LogP contribution in [-0.4, -0.2) is 48.8 Å². The predicted octanol–water partition coefficient (Wildman–Crippen LogP) is 2.54. The number of unbranched alkanes of at least 4 members (excludes halogenated alkanes) is 3. The standard InChI is InChI=1S/C11H22O2.Ca.2H/c1-3-5-6-7-9-10(8-4-2)11(12)13;;;/h10H,3-9H2,1-2H3,(H,12,13);;;/t10-;;;/m1.../s1. The van der Waals surface area contributed by atoms with Crippen molar-refractivity contribution in [3.63, 3.8) is 0 Å². The summed E-state index contributed by atoms with van der Waals surface area (Å²) in [6.45, 7) is 4.21. The van der Waals surface area contributed by atoms with Crippen LogP contribution in [0.5, 0.6) is 0 Å². The number of hydrogen-bond acceptors (Lipinski definition) is 1. The summed E-state index contributed by atoms with van der Waals surface area (Å²) >= 11 is 0. The summed E-state index contributed by atoms with van der Waals surface area (Å²) in [6.07, 6.45) is 7.38. The van der Waals surface area contributed by atoms with E-state index in [-0.39, 0.29) is 43.7 Å². The first-order chi connectivity index (χ1) is 6.22. The van der Waals surface area contributed by atoms with E-state index in [4.69, 9.17) is 5.11 Å². The van der Waals surface area contributed by atoms with Crippen molar-refractivity contribution >= 4 is 43.7 Å². The Morgan fingerprint density at radius 1 is 1.07 bits per heavy atom. The topological polar surface area (TPSA) is 37.3 Å². The van der Waals surface area contributed by atoms with Crippen LogP contribution in [0.15, 0.2) is 0 Å². The molecule has 0 saturated carbocycles. The van der Waals surface area contributed by atoms with Crippen LogP contribution in [0.25, 0.3) is 0 Å². The van der Waals surface area contributed by atoms with Gasteiger partial charge in [0.25, 0.3) is 0 Å². The van der Waals surface area contributed by atoms with E-state index >= 15 is 0 Å². The van der Waals surface area contributed by atoms with Crippen LogP contribution in [0.2, 0.25) is 0 Å². The number of carboxylic acids is 1. The Morgan fingerprint density at radius 3 is 2.14 bits per heavy atom. The van der Waals surface area contributed by atoms with E-state index in [2.05, 4.69) is 6.92 Å². The molecule has 0 unspecified atom stereocenters. The Labute approximate surface area is 117 Å². The van der Waals surface area contributed by atoms with E-state index in [1.165, 1.54) is 19.3 Å². The van der Waals surface area contributed by atoms with Crippen molar-refractivity contribution in [3.05, 3.63) is 0 Å². The fraction of sp³-hybridized carbons (Fsp3) is 0.909. The Kier molecular flexibility index (Phi) is 14.4. The molecule has 0 spiro atoms. The van der Waals surface area contributed by atoms with Gasteiger partial charge >= 0.3 is 43.7 Å². The van der Waals surface area contributed by atoms with Gasteiger partial charge in [0.1, 0.15) is 0 Å². The molecule has 0 amide bonds. The molecule has 0 saturated heterocycles. The van der Waals surface area contributed by atoms with Gasteiger partial charge in [0.2, 0.25) is 0 Å². The molecular weight excluding hydrogens is 204 g/mol. The second-order valence-corrected chi connectivity index (χ2v) is 3.67. The van der Waals surface area contributed by atoms with E-state index in [1.54, 1.807) is 0 Å². The van der Waals surface area contributed by atoms with E-state index in [9.17, 15) is 4.79 Å². The van der Waals surface area contributed by atoms with Crippen molar-refractivity contribution in [2.45, 2.75) is 58.8 Å². The first-order valence-electron chi connectivity index (χ1n) is 5.45. The summed E-state index contributed by atoms with van der Waals surface area (Å²) in [5.41, 5.74) is 0. The third-order valence-corrected chi connectivity index (χ3v) is 2.39.